The third-order valence-electron chi connectivity index (χ3n) is 2.93. The van der Waals surface area contributed by atoms with Crippen LogP contribution in [0, 0.1) is 9.39 Å². The maximum Gasteiger partial charge on any atom is 0.253 e. The fraction of sp³-hybridized carbons (Fsp3) is 0.188. The van der Waals surface area contributed by atoms with Gasteiger partial charge in [0.25, 0.3) is 5.91 Å². The molecule has 0 aliphatic heterocycles. The Morgan fingerprint density at radius 1 is 1.27 bits per heavy atom. The van der Waals surface area contributed by atoms with Crippen molar-refractivity contribution in [1.82, 2.24) is 5.32 Å². The molecule has 1 unspecified atom stereocenters. The first-order valence-electron chi connectivity index (χ1n) is 6.74. The van der Waals surface area contributed by atoms with Gasteiger partial charge in [0.1, 0.15) is 5.82 Å². The number of aliphatic hydroxyl groups excluding tert-OH is 1. The van der Waals surface area contributed by atoms with Crippen LogP contribution in [0.5, 0.6) is 0 Å². The van der Waals surface area contributed by atoms with E-state index in [-0.39, 0.29) is 18.3 Å². The summed E-state index contributed by atoms with van der Waals surface area (Å²) in [7, 11) is 0. The zero-order valence-electron chi connectivity index (χ0n) is 11.9. The van der Waals surface area contributed by atoms with E-state index < -0.39 is 6.10 Å². The van der Waals surface area contributed by atoms with Gasteiger partial charge >= 0.3 is 0 Å². The molecule has 6 heteroatoms. The number of amides is 1. The van der Waals surface area contributed by atoms with Gasteiger partial charge in [-0.1, -0.05) is 12.1 Å². The fourth-order valence-electron chi connectivity index (χ4n) is 1.86. The summed E-state index contributed by atoms with van der Waals surface area (Å²) >= 11 is 2.03. The number of halogens is 2. The summed E-state index contributed by atoms with van der Waals surface area (Å²) in [5.74, 6) is -0.707. The molecule has 2 aromatic carbocycles. The number of aliphatic hydroxyl groups is 1. The summed E-state index contributed by atoms with van der Waals surface area (Å²) in [5, 5.41) is 14.8. The minimum Gasteiger partial charge on any atom is -0.392 e. The lowest BCUT2D eigenvalue weighted by molar-refractivity contribution is 0.0925. The summed E-state index contributed by atoms with van der Waals surface area (Å²) in [4.78, 5) is 12.1. The standard InChI is InChI=1S/C16H16FIN2O2/c1-10(21)9-19-16(22)12-4-2-3-5-14(12)20-15-7-6-11(18)8-13(15)17/h2-8,10,20-21H,9H2,1H3,(H,19,22). The molecule has 4 nitrogen and oxygen atoms in total. The predicted octanol–water partition coefficient (Wildman–Crippen LogP) is 3.28. The third-order valence-corrected chi connectivity index (χ3v) is 3.60. The topological polar surface area (TPSA) is 61.4 Å². The van der Waals surface area contributed by atoms with E-state index in [0.29, 0.717) is 16.9 Å². The Hall–Kier alpha value is -1.67. The minimum absolute atomic E-state index is 0.158. The number of carbonyl (C=O) groups excluding carboxylic acids is 1. The van der Waals surface area contributed by atoms with Gasteiger partial charge in [-0.3, -0.25) is 4.79 Å². The van der Waals surface area contributed by atoms with Crippen molar-refractivity contribution >= 4 is 39.9 Å². The van der Waals surface area contributed by atoms with Crippen molar-refractivity contribution in [3.05, 3.63) is 57.4 Å². The SMILES string of the molecule is CC(O)CNC(=O)c1ccccc1Nc1ccc(I)cc1F. The molecule has 0 aliphatic rings. The molecule has 1 atom stereocenters. The van der Waals surface area contributed by atoms with Gasteiger partial charge in [-0.25, -0.2) is 4.39 Å². The largest absolute Gasteiger partial charge is 0.392 e. The van der Waals surface area contributed by atoms with Crippen LogP contribution in [-0.2, 0) is 0 Å². The van der Waals surface area contributed by atoms with E-state index >= 15 is 0 Å². The van der Waals surface area contributed by atoms with E-state index in [2.05, 4.69) is 10.6 Å². The van der Waals surface area contributed by atoms with Crippen molar-refractivity contribution in [1.29, 1.82) is 0 Å². The number of benzene rings is 2. The van der Waals surface area contributed by atoms with Crippen molar-refractivity contribution in [3.8, 4) is 0 Å². The second-order valence-corrected chi connectivity index (χ2v) is 6.10. The first kappa shape index (κ1) is 16.7. The second-order valence-electron chi connectivity index (χ2n) is 4.85. The summed E-state index contributed by atoms with van der Waals surface area (Å²) in [6.45, 7) is 1.75. The van der Waals surface area contributed by atoms with Crippen LogP contribution in [0.2, 0.25) is 0 Å². The third kappa shape index (κ3) is 4.41. The number of nitrogens with one attached hydrogen (secondary N) is 2. The van der Waals surface area contributed by atoms with Crippen LogP contribution in [0.1, 0.15) is 17.3 Å². The molecule has 3 N–H and O–H groups in total. The highest BCUT2D eigenvalue weighted by atomic mass is 127. The molecule has 0 radical (unpaired) electrons. The van der Waals surface area contributed by atoms with Crippen molar-refractivity contribution in [2.75, 3.05) is 11.9 Å². The molecule has 0 fully saturated rings. The molecule has 1 amide bonds. The maximum absolute atomic E-state index is 13.9. The van der Waals surface area contributed by atoms with Gasteiger partial charge in [0.2, 0.25) is 0 Å². The number of anilines is 2. The lowest BCUT2D eigenvalue weighted by Gasteiger charge is -2.13. The van der Waals surface area contributed by atoms with Crippen molar-refractivity contribution in [3.63, 3.8) is 0 Å². The first-order chi connectivity index (χ1) is 10.5. The molecule has 2 aromatic rings. The molecule has 0 aromatic heterocycles. The zero-order valence-corrected chi connectivity index (χ0v) is 14.1. The lowest BCUT2D eigenvalue weighted by Crippen LogP contribution is -2.30. The van der Waals surface area contributed by atoms with Gasteiger partial charge in [-0.05, 0) is 59.8 Å². The van der Waals surface area contributed by atoms with E-state index in [9.17, 15) is 14.3 Å². The van der Waals surface area contributed by atoms with E-state index in [4.69, 9.17) is 0 Å². The Balaban J connectivity index is 2.22. The van der Waals surface area contributed by atoms with Gasteiger partial charge in [0.15, 0.2) is 0 Å². The van der Waals surface area contributed by atoms with Crippen LogP contribution < -0.4 is 10.6 Å². The molecule has 0 spiro atoms. The summed E-state index contributed by atoms with van der Waals surface area (Å²) in [5.41, 5.74) is 1.20. The van der Waals surface area contributed by atoms with Crippen LogP contribution in [0.4, 0.5) is 15.8 Å². The summed E-state index contributed by atoms with van der Waals surface area (Å²) in [6.07, 6.45) is -0.627. The highest BCUT2D eigenvalue weighted by Crippen LogP contribution is 2.24. The monoisotopic (exact) mass is 414 g/mol. The van der Waals surface area contributed by atoms with E-state index in [1.807, 2.05) is 22.6 Å². The van der Waals surface area contributed by atoms with Crippen LogP contribution >= 0.6 is 22.6 Å². The Morgan fingerprint density at radius 2 is 2.00 bits per heavy atom. The van der Waals surface area contributed by atoms with Gasteiger partial charge in [0, 0.05) is 10.1 Å². The second kappa shape index (κ2) is 7.55. The smallest absolute Gasteiger partial charge is 0.253 e. The molecule has 0 heterocycles. The molecule has 0 saturated heterocycles. The number of rotatable bonds is 5. The van der Waals surface area contributed by atoms with Gasteiger partial charge in [-0.2, -0.15) is 0 Å². The molecule has 22 heavy (non-hydrogen) atoms. The molecular formula is C16H16FIN2O2. The summed E-state index contributed by atoms with van der Waals surface area (Å²) in [6, 6.07) is 11.7. The van der Waals surface area contributed by atoms with Gasteiger partial charge in [0.05, 0.1) is 23.0 Å². The zero-order chi connectivity index (χ0) is 16.1. The molecular weight excluding hydrogens is 398 g/mol. The Morgan fingerprint density at radius 3 is 2.68 bits per heavy atom. The predicted molar refractivity (Wildman–Crippen MR) is 92.9 cm³/mol. The molecule has 116 valence electrons. The van der Waals surface area contributed by atoms with Crippen molar-refractivity contribution < 1.29 is 14.3 Å². The maximum atomic E-state index is 13.9. The highest BCUT2D eigenvalue weighted by molar-refractivity contribution is 14.1. The highest BCUT2D eigenvalue weighted by Gasteiger charge is 2.12. The number of para-hydroxylation sites is 1. The number of carbonyl (C=O) groups is 1. The molecule has 0 bridgehead atoms. The fourth-order valence-corrected chi connectivity index (χ4v) is 2.31. The van der Waals surface area contributed by atoms with E-state index in [1.54, 1.807) is 43.3 Å². The van der Waals surface area contributed by atoms with Crippen molar-refractivity contribution in [2.45, 2.75) is 13.0 Å². The van der Waals surface area contributed by atoms with Gasteiger partial charge in [-0.15, -0.1) is 0 Å². The Labute approximate surface area is 141 Å². The lowest BCUT2D eigenvalue weighted by atomic mass is 10.1. The van der Waals surface area contributed by atoms with E-state index in [1.165, 1.54) is 6.07 Å². The number of hydrogen-bond donors (Lipinski definition) is 3. The summed E-state index contributed by atoms with van der Waals surface area (Å²) < 4.78 is 14.7. The molecule has 0 aliphatic carbocycles. The molecule has 2 rings (SSSR count). The average molecular weight is 414 g/mol. The molecule has 0 saturated carbocycles. The normalized spacial score (nSPS) is 11.8. The van der Waals surface area contributed by atoms with Crippen LogP contribution in [-0.4, -0.2) is 23.7 Å². The Bertz CT molecular complexity index is 677. The van der Waals surface area contributed by atoms with Crippen LogP contribution in [0.15, 0.2) is 42.5 Å². The Kier molecular flexibility index (Phi) is 5.73. The quantitative estimate of drug-likeness (QED) is 0.659. The average Bonchev–Trinajstić information content (AvgIpc) is 2.48. The first-order valence-corrected chi connectivity index (χ1v) is 7.82. The van der Waals surface area contributed by atoms with Crippen LogP contribution in [0.3, 0.4) is 0 Å². The van der Waals surface area contributed by atoms with E-state index in [0.717, 1.165) is 3.57 Å². The number of hydrogen-bond acceptors (Lipinski definition) is 3. The minimum atomic E-state index is -0.627. The van der Waals surface area contributed by atoms with Gasteiger partial charge < -0.3 is 15.7 Å². The van der Waals surface area contributed by atoms with Crippen molar-refractivity contribution in [2.24, 2.45) is 0 Å². The van der Waals surface area contributed by atoms with Crippen LogP contribution in [0.25, 0.3) is 0 Å².